The summed E-state index contributed by atoms with van der Waals surface area (Å²) in [5, 5.41) is 19.6. The number of carbonyl (C=O) groups excluding carboxylic acids is 1. The number of carbonyl (C=O) groups is 1. The molecule has 2 aromatic heterocycles. The molecular formula is C24H24FN9O4. The van der Waals surface area contributed by atoms with Gasteiger partial charge in [-0.2, -0.15) is 9.78 Å². The topological polar surface area (TPSA) is 159 Å². The maximum Gasteiger partial charge on any atom is 0.292 e. The van der Waals surface area contributed by atoms with Gasteiger partial charge in [0.15, 0.2) is 5.69 Å². The second kappa shape index (κ2) is 11.6. The predicted molar refractivity (Wildman–Crippen MR) is 132 cm³/mol. The standard InChI is InChI=1S/C24H24FN9O4/c25-18-3-1-2-17(12-18)15-37-19-6-4-16(5-7-19)13-27-29-24(35)21-20(14-33-8-10-36-11-9-33)28-32-34(21)23-22(26)30-38-31-23/h1-7,12-13H,8-11,14-15H2,(H2,26,30)(H,29,35)/b27-13+. The van der Waals surface area contributed by atoms with Crippen molar-refractivity contribution >= 4 is 17.9 Å². The second-order valence-electron chi connectivity index (χ2n) is 8.34. The van der Waals surface area contributed by atoms with Crippen LogP contribution in [0.4, 0.5) is 10.2 Å². The largest absolute Gasteiger partial charge is 0.489 e. The van der Waals surface area contributed by atoms with Crippen molar-refractivity contribution in [2.75, 3.05) is 32.0 Å². The third kappa shape index (κ3) is 5.99. The van der Waals surface area contributed by atoms with Crippen LogP contribution in [0.3, 0.4) is 0 Å². The Hall–Kier alpha value is -4.69. The Balaban J connectivity index is 1.25. The number of amides is 1. The lowest BCUT2D eigenvalue weighted by molar-refractivity contribution is 0.0335. The van der Waals surface area contributed by atoms with Gasteiger partial charge in [-0.25, -0.2) is 14.4 Å². The molecule has 1 amide bonds. The van der Waals surface area contributed by atoms with Gasteiger partial charge in [0.2, 0.25) is 11.6 Å². The summed E-state index contributed by atoms with van der Waals surface area (Å²) in [6.45, 7) is 3.19. The van der Waals surface area contributed by atoms with Gasteiger partial charge in [0, 0.05) is 19.6 Å². The Kier molecular flexibility index (Phi) is 7.61. The average Bonchev–Trinajstić information content (AvgIpc) is 3.54. The molecule has 0 spiro atoms. The van der Waals surface area contributed by atoms with Crippen molar-refractivity contribution in [3.05, 3.63) is 76.9 Å². The minimum absolute atomic E-state index is 0.0370. The number of benzene rings is 2. The second-order valence-corrected chi connectivity index (χ2v) is 8.34. The minimum atomic E-state index is -0.563. The number of nitrogens with two attached hydrogens (primary N) is 1. The van der Waals surface area contributed by atoms with Crippen LogP contribution < -0.4 is 15.9 Å². The molecule has 1 aliphatic heterocycles. The lowest BCUT2D eigenvalue weighted by atomic mass is 10.2. The molecule has 0 radical (unpaired) electrons. The Labute approximate surface area is 216 Å². The SMILES string of the molecule is Nc1nonc1-n1nnc(CN2CCOCC2)c1C(=O)N/N=C/c1ccc(OCc2cccc(F)c2)cc1. The van der Waals surface area contributed by atoms with E-state index >= 15 is 0 Å². The number of nitrogens with zero attached hydrogens (tertiary/aromatic N) is 7. The van der Waals surface area contributed by atoms with Gasteiger partial charge in [-0.15, -0.1) is 5.10 Å². The highest BCUT2D eigenvalue weighted by atomic mass is 19.1. The molecule has 3 heterocycles. The van der Waals surface area contributed by atoms with Gasteiger partial charge in [0.05, 0.1) is 19.4 Å². The van der Waals surface area contributed by atoms with Gasteiger partial charge in [0.1, 0.15) is 23.9 Å². The number of halogens is 1. The van der Waals surface area contributed by atoms with E-state index in [1.165, 1.54) is 23.0 Å². The number of aromatic nitrogens is 5. The third-order valence-electron chi connectivity index (χ3n) is 5.68. The zero-order chi connectivity index (χ0) is 26.3. The summed E-state index contributed by atoms with van der Waals surface area (Å²) < 4.78 is 30.2. The lowest BCUT2D eigenvalue weighted by Crippen LogP contribution is -2.36. The van der Waals surface area contributed by atoms with Crippen molar-refractivity contribution in [3.63, 3.8) is 0 Å². The van der Waals surface area contributed by atoms with Crippen LogP contribution in [0.25, 0.3) is 5.82 Å². The van der Waals surface area contributed by atoms with Crippen LogP contribution in [0.15, 0.2) is 58.3 Å². The number of anilines is 1. The zero-order valence-electron chi connectivity index (χ0n) is 20.2. The van der Waals surface area contributed by atoms with E-state index in [-0.39, 0.29) is 29.8 Å². The molecule has 2 aromatic carbocycles. The van der Waals surface area contributed by atoms with E-state index < -0.39 is 5.91 Å². The molecule has 0 atom stereocenters. The molecule has 1 saturated heterocycles. The Morgan fingerprint density at radius 1 is 1.18 bits per heavy atom. The predicted octanol–water partition coefficient (Wildman–Crippen LogP) is 1.55. The maximum absolute atomic E-state index is 13.3. The Morgan fingerprint density at radius 3 is 2.74 bits per heavy atom. The van der Waals surface area contributed by atoms with Gasteiger partial charge < -0.3 is 15.2 Å². The van der Waals surface area contributed by atoms with E-state index in [1.807, 2.05) is 0 Å². The summed E-state index contributed by atoms with van der Waals surface area (Å²) in [6.07, 6.45) is 1.48. The fraction of sp³-hybridized carbons (Fsp3) is 0.250. The van der Waals surface area contributed by atoms with Crippen LogP contribution >= 0.6 is 0 Å². The molecule has 0 unspecified atom stereocenters. The molecule has 1 aliphatic rings. The van der Waals surface area contributed by atoms with Gasteiger partial charge >= 0.3 is 0 Å². The first kappa shape index (κ1) is 25.0. The smallest absolute Gasteiger partial charge is 0.292 e. The van der Waals surface area contributed by atoms with Crippen molar-refractivity contribution in [2.45, 2.75) is 13.2 Å². The van der Waals surface area contributed by atoms with Crippen molar-refractivity contribution in [2.24, 2.45) is 5.10 Å². The van der Waals surface area contributed by atoms with E-state index in [0.717, 1.165) is 5.56 Å². The molecule has 13 nitrogen and oxygen atoms in total. The van der Waals surface area contributed by atoms with Crippen molar-refractivity contribution in [3.8, 4) is 11.6 Å². The first-order valence-corrected chi connectivity index (χ1v) is 11.7. The molecule has 0 aliphatic carbocycles. The molecule has 196 valence electrons. The molecule has 5 rings (SSSR count). The highest BCUT2D eigenvalue weighted by Crippen LogP contribution is 2.18. The first-order valence-electron chi connectivity index (χ1n) is 11.7. The number of nitrogen functional groups attached to an aromatic ring is 1. The fourth-order valence-corrected chi connectivity index (χ4v) is 3.77. The van der Waals surface area contributed by atoms with Crippen LogP contribution in [0.2, 0.25) is 0 Å². The molecule has 3 N–H and O–H groups in total. The summed E-state index contributed by atoms with van der Waals surface area (Å²) >= 11 is 0. The van der Waals surface area contributed by atoms with Crippen LogP contribution in [0, 0.1) is 5.82 Å². The molecule has 0 saturated carbocycles. The summed E-state index contributed by atoms with van der Waals surface area (Å²) in [5.74, 6) is -0.254. The Bertz CT molecular complexity index is 1410. The minimum Gasteiger partial charge on any atom is -0.489 e. The zero-order valence-corrected chi connectivity index (χ0v) is 20.2. The summed E-state index contributed by atoms with van der Waals surface area (Å²) in [4.78, 5) is 15.2. The first-order chi connectivity index (χ1) is 18.6. The number of morpholine rings is 1. The van der Waals surface area contributed by atoms with Gasteiger partial charge in [-0.05, 0) is 57.8 Å². The average molecular weight is 522 g/mol. The van der Waals surface area contributed by atoms with Crippen molar-refractivity contribution < 1.29 is 23.3 Å². The maximum atomic E-state index is 13.3. The van der Waals surface area contributed by atoms with E-state index in [1.54, 1.807) is 36.4 Å². The molecular weight excluding hydrogens is 497 g/mol. The van der Waals surface area contributed by atoms with Crippen molar-refractivity contribution in [1.29, 1.82) is 0 Å². The van der Waals surface area contributed by atoms with Gasteiger partial charge in [-0.1, -0.05) is 17.3 Å². The summed E-state index contributed by atoms with van der Waals surface area (Å²) in [5.41, 5.74) is 10.3. The van der Waals surface area contributed by atoms with Crippen LogP contribution in [-0.2, 0) is 17.9 Å². The van der Waals surface area contributed by atoms with E-state index in [9.17, 15) is 9.18 Å². The van der Waals surface area contributed by atoms with E-state index in [4.69, 9.17) is 15.2 Å². The number of rotatable bonds is 9. The summed E-state index contributed by atoms with van der Waals surface area (Å²) in [7, 11) is 0. The normalized spacial score (nSPS) is 14.1. The number of nitrogens with one attached hydrogen (secondary N) is 1. The number of hydrogen-bond donors (Lipinski definition) is 2. The third-order valence-corrected chi connectivity index (χ3v) is 5.68. The number of hydrogen-bond acceptors (Lipinski definition) is 11. The molecule has 38 heavy (non-hydrogen) atoms. The van der Waals surface area contributed by atoms with Crippen molar-refractivity contribution in [1.82, 2.24) is 35.6 Å². The molecule has 1 fully saturated rings. The summed E-state index contributed by atoms with van der Waals surface area (Å²) in [6, 6.07) is 13.3. The monoisotopic (exact) mass is 521 g/mol. The molecule has 0 bridgehead atoms. The lowest BCUT2D eigenvalue weighted by Gasteiger charge is -2.25. The molecule has 14 heteroatoms. The fourth-order valence-electron chi connectivity index (χ4n) is 3.77. The van der Waals surface area contributed by atoms with Crippen LogP contribution in [-0.4, -0.2) is 68.6 Å². The highest BCUT2D eigenvalue weighted by Gasteiger charge is 2.26. The molecule has 4 aromatic rings. The van der Waals surface area contributed by atoms with Gasteiger partial charge in [-0.3, -0.25) is 9.69 Å². The van der Waals surface area contributed by atoms with Crippen LogP contribution in [0.5, 0.6) is 5.75 Å². The quantitative estimate of drug-likeness (QED) is 0.244. The van der Waals surface area contributed by atoms with E-state index in [0.29, 0.717) is 49.9 Å². The highest BCUT2D eigenvalue weighted by molar-refractivity contribution is 5.95. The van der Waals surface area contributed by atoms with Gasteiger partial charge in [0.25, 0.3) is 5.91 Å². The number of hydrazone groups is 1. The number of ether oxygens (including phenoxy) is 2. The van der Waals surface area contributed by atoms with Crippen LogP contribution in [0.1, 0.15) is 27.3 Å². The van der Waals surface area contributed by atoms with E-state index in [2.05, 4.69) is 40.7 Å². The Morgan fingerprint density at radius 2 is 2.00 bits per heavy atom.